The Balaban J connectivity index is 1.55. The van der Waals surface area contributed by atoms with E-state index < -0.39 is 0 Å². The highest BCUT2D eigenvalue weighted by Crippen LogP contribution is 2.48. The minimum absolute atomic E-state index is 0.000395. The van der Waals surface area contributed by atoms with Crippen molar-refractivity contribution in [2.24, 2.45) is 5.92 Å². The smallest absolute Gasteiger partial charge is 0.313 e. The zero-order valence-corrected chi connectivity index (χ0v) is 14.7. The molecule has 2 aliphatic rings. The largest absolute Gasteiger partial charge is 0.462 e. The van der Waals surface area contributed by atoms with Crippen molar-refractivity contribution in [2.45, 2.75) is 43.8 Å². The molecule has 2 fully saturated rings. The number of ether oxygens (including phenoxy) is 2. The van der Waals surface area contributed by atoms with Crippen LogP contribution < -0.4 is 0 Å². The van der Waals surface area contributed by atoms with Crippen LogP contribution in [0.25, 0.3) is 0 Å². The van der Waals surface area contributed by atoms with Gasteiger partial charge in [-0.05, 0) is 18.1 Å². The summed E-state index contributed by atoms with van der Waals surface area (Å²) < 4.78 is 11.4. The SMILES string of the molecule is C[C@@H](C(=O)O[C@H]1C[C@H]2OC(=O)CC2[C@@H]1c1ccccc1)c1ccccc1. The van der Waals surface area contributed by atoms with E-state index in [-0.39, 0.29) is 41.9 Å². The second-order valence-electron chi connectivity index (χ2n) is 7.18. The van der Waals surface area contributed by atoms with E-state index in [1.165, 1.54) is 0 Å². The molecule has 1 heterocycles. The highest BCUT2D eigenvalue weighted by atomic mass is 16.6. The first-order valence-electron chi connectivity index (χ1n) is 9.13. The summed E-state index contributed by atoms with van der Waals surface area (Å²) in [6, 6.07) is 19.6. The van der Waals surface area contributed by atoms with Crippen molar-refractivity contribution in [3.8, 4) is 0 Å². The van der Waals surface area contributed by atoms with E-state index in [2.05, 4.69) is 0 Å². The minimum atomic E-state index is -0.324. The van der Waals surface area contributed by atoms with Gasteiger partial charge < -0.3 is 9.47 Å². The molecule has 1 aliphatic heterocycles. The zero-order valence-electron chi connectivity index (χ0n) is 14.7. The molecule has 2 aromatic rings. The van der Waals surface area contributed by atoms with Crippen molar-refractivity contribution in [1.29, 1.82) is 0 Å². The van der Waals surface area contributed by atoms with Crippen LogP contribution in [0.2, 0.25) is 0 Å². The Morgan fingerprint density at radius 1 is 1.08 bits per heavy atom. The highest BCUT2D eigenvalue weighted by Gasteiger charge is 2.52. The fraction of sp³-hybridized carbons (Fsp3) is 0.364. The fourth-order valence-corrected chi connectivity index (χ4v) is 4.25. The molecule has 4 heteroatoms. The van der Waals surface area contributed by atoms with Crippen molar-refractivity contribution < 1.29 is 19.1 Å². The number of hydrogen-bond donors (Lipinski definition) is 0. The van der Waals surface area contributed by atoms with Gasteiger partial charge >= 0.3 is 11.9 Å². The summed E-state index contributed by atoms with van der Waals surface area (Å²) in [7, 11) is 0. The minimum Gasteiger partial charge on any atom is -0.462 e. The monoisotopic (exact) mass is 350 g/mol. The van der Waals surface area contributed by atoms with E-state index in [1.54, 1.807) is 0 Å². The Morgan fingerprint density at radius 3 is 2.42 bits per heavy atom. The normalized spacial score (nSPS) is 28.3. The quantitative estimate of drug-likeness (QED) is 0.787. The maximum absolute atomic E-state index is 12.7. The Kier molecular flexibility index (Phi) is 4.49. The van der Waals surface area contributed by atoms with Gasteiger partial charge in [0.1, 0.15) is 12.2 Å². The van der Waals surface area contributed by atoms with Crippen LogP contribution >= 0.6 is 0 Å². The molecule has 1 saturated carbocycles. The lowest BCUT2D eigenvalue weighted by atomic mass is 9.86. The first kappa shape index (κ1) is 16.8. The van der Waals surface area contributed by atoms with Gasteiger partial charge in [0.2, 0.25) is 0 Å². The van der Waals surface area contributed by atoms with Crippen molar-refractivity contribution in [2.75, 3.05) is 0 Å². The average molecular weight is 350 g/mol. The standard InChI is InChI=1S/C22H22O4/c1-14(15-8-4-2-5-9-15)22(24)26-19-13-18-17(12-20(23)25-18)21(19)16-10-6-3-7-11-16/h2-11,14,17-19,21H,12-13H2,1H3/t14-,17?,18-,19+,21+/m1/s1. The third kappa shape index (κ3) is 3.12. The molecule has 0 bridgehead atoms. The molecular weight excluding hydrogens is 328 g/mol. The predicted octanol–water partition coefficient (Wildman–Crippen LogP) is 3.82. The molecule has 134 valence electrons. The zero-order chi connectivity index (χ0) is 18.1. The van der Waals surface area contributed by atoms with Gasteiger partial charge in [-0.15, -0.1) is 0 Å². The van der Waals surface area contributed by atoms with Crippen LogP contribution in [0.3, 0.4) is 0 Å². The molecule has 5 atom stereocenters. The number of fused-ring (bicyclic) bond motifs is 1. The summed E-state index contributed by atoms with van der Waals surface area (Å²) in [5, 5.41) is 0. The summed E-state index contributed by atoms with van der Waals surface area (Å²) in [6.07, 6.45) is 0.548. The topological polar surface area (TPSA) is 52.6 Å². The maximum atomic E-state index is 12.7. The Hall–Kier alpha value is -2.62. The van der Waals surface area contributed by atoms with Gasteiger partial charge in [0.05, 0.1) is 12.3 Å². The third-order valence-electron chi connectivity index (χ3n) is 5.59. The Morgan fingerprint density at radius 2 is 1.73 bits per heavy atom. The van der Waals surface area contributed by atoms with Gasteiger partial charge in [-0.1, -0.05) is 60.7 Å². The van der Waals surface area contributed by atoms with E-state index in [9.17, 15) is 9.59 Å². The molecule has 1 aliphatic carbocycles. The van der Waals surface area contributed by atoms with E-state index in [0.29, 0.717) is 12.8 Å². The van der Waals surface area contributed by atoms with E-state index >= 15 is 0 Å². The van der Waals surface area contributed by atoms with E-state index in [4.69, 9.17) is 9.47 Å². The number of rotatable bonds is 4. The van der Waals surface area contributed by atoms with Gasteiger partial charge in [-0.25, -0.2) is 0 Å². The first-order valence-corrected chi connectivity index (χ1v) is 9.13. The second kappa shape index (κ2) is 6.94. The number of carbonyl (C=O) groups excluding carboxylic acids is 2. The Labute approximate surface area is 153 Å². The fourth-order valence-electron chi connectivity index (χ4n) is 4.25. The van der Waals surface area contributed by atoms with Gasteiger partial charge in [0.25, 0.3) is 0 Å². The summed E-state index contributed by atoms with van der Waals surface area (Å²) >= 11 is 0. The van der Waals surface area contributed by atoms with Crippen LogP contribution in [0.1, 0.15) is 42.7 Å². The molecule has 1 saturated heterocycles. The summed E-state index contributed by atoms with van der Waals surface area (Å²) in [5.74, 6) is -0.623. The molecule has 0 N–H and O–H groups in total. The Bertz CT molecular complexity index is 786. The van der Waals surface area contributed by atoms with Crippen LogP contribution in [0.4, 0.5) is 0 Å². The van der Waals surface area contributed by atoms with Gasteiger partial charge in [-0.3, -0.25) is 9.59 Å². The lowest BCUT2D eigenvalue weighted by molar-refractivity contribution is -0.152. The lowest BCUT2D eigenvalue weighted by Gasteiger charge is -2.25. The molecule has 2 aromatic carbocycles. The van der Waals surface area contributed by atoms with Gasteiger partial charge in [-0.2, -0.15) is 0 Å². The van der Waals surface area contributed by atoms with Crippen molar-refractivity contribution in [1.82, 2.24) is 0 Å². The number of hydrogen-bond acceptors (Lipinski definition) is 4. The number of carbonyl (C=O) groups is 2. The molecule has 0 amide bonds. The van der Waals surface area contributed by atoms with E-state index in [0.717, 1.165) is 11.1 Å². The first-order chi connectivity index (χ1) is 12.6. The van der Waals surface area contributed by atoms with E-state index in [1.807, 2.05) is 67.6 Å². The third-order valence-corrected chi connectivity index (χ3v) is 5.59. The molecular formula is C22H22O4. The van der Waals surface area contributed by atoms with Crippen LogP contribution in [0.15, 0.2) is 60.7 Å². The summed E-state index contributed by atoms with van der Waals surface area (Å²) in [5.41, 5.74) is 2.04. The molecule has 0 aromatic heterocycles. The van der Waals surface area contributed by atoms with Crippen molar-refractivity contribution >= 4 is 11.9 Å². The highest BCUT2D eigenvalue weighted by molar-refractivity contribution is 5.78. The molecule has 1 unspecified atom stereocenters. The van der Waals surface area contributed by atoms with Crippen molar-refractivity contribution in [3.05, 3.63) is 71.8 Å². The van der Waals surface area contributed by atoms with Crippen LogP contribution in [-0.2, 0) is 19.1 Å². The molecule has 0 radical (unpaired) electrons. The summed E-state index contributed by atoms with van der Waals surface area (Å²) in [6.45, 7) is 1.87. The summed E-state index contributed by atoms with van der Waals surface area (Å²) in [4.78, 5) is 24.5. The number of esters is 2. The second-order valence-corrected chi connectivity index (χ2v) is 7.18. The van der Waals surface area contributed by atoms with Crippen LogP contribution in [-0.4, -0.2) is 24.1 Å². The number of benzene rings is 2. The molecule has 0 spiro atoms. The van der Waals surface area contributed by atoms with Crippen molar-refractivity contribution in [3.63, 3.8) is 0 Å². The average Bonchev–Trinajstić information content (AvgIpc) is 3.17. The molecule has 4 nitrogen and oxygen atoms in total. The lowest BCUT2D eigenvalue weighted by Crippen LogP contribution is -2.26. The van der Waals surface area contributed by atoms with Gasteiger partial charge in [0.15, 0.2) is 0 Å². The van der Waals surface area contributed by atoms with Crippen LogP contribution in [0, 0.1) is 5.92 Å². The van der Waals surface area contributed by atoms with Crippen LogP contribution in [0.5, 0.6) is 0 Å². The van der Waals surface area contributed by atoms with Gasteiger partial charge in [0, 0.05) is 18.3 Å². The molecule has 4 rings (SSSR count). The molecule has 26 heavy (non-hydrogen) atoms. The maximum Gasteiger partial charge on any atom is 0.313 e. The predicted molar refractivity (Wildman–Crippen MR) is 96.5 cm³/mol.